The Labute approximate surface area is 140 Å². The molecule has 1 unspecified atom stereocenters. The van der Waals surface area contributed by atoms with Crippen molar-refractivity contribution in [3.63, 3.8) is 0 Å². The van der Waals surface area contributed by atoms with Gasteiger partial charge in [-0.25, -0.2) is 0 Å². The first-order chi connectivity index (χ1) is 11.6. The van der Waals surface area contributed by atoms with Crippen molar-refractivity contribution < 1.29 is 14.0 Å². The van der Waals surface area contributed by atoms with E-state index < -0.39 is 6.04 Å². The van der Waals surface area contributed by atoms with Gasteiger partial charge in [-0.05, 0) is 36.6 Å². The van der Waals surface area contributed by atoms with Crippen molar-refractivity contribution >= 4 is 17.4 Å². The van der Waals surface area contributed by atoms with Crippen LogP contribution in [0.5, 0.6) is 0 Å². The molecule has 1 atom stereocenters. The monoisotopic (exact) mass is 325 g/mol. The van der Waals surface area contributed by atoms with Crippen LogP contribution >= 0.6 is 0 Å². The van der Waals surface area contributed by atoms with E-state index in [9.17, 15) is 9.59 Å². The summed E-state index contributed by atoms with van der Waals surface area (Å²) in [5.41, 5.74) is 2.69. The van der Waals surface area contributed by atoms with Gasteiger partial charge >= 0.3 is 0 Å². The first-order valence-electron chi connectivity index (χ1n) is 7.86. The minimum atomic E-state index is -0.583. The molecule has 0 aromatic carbocycles. The zero-order chi connectivity index (χ0) is 16.9. The average molecular weight is 325 g/mol. The van der Waals surface area contributed by atoms with Gasteiger partial charge in [0.15, 0.2) is 0 Å². The molecule has 0 fully saturated rings. The SMILES string of the molecule is CC(NC(=O)c1ccoc1)C(=O)N1CC=C(c2cccnc2)CC1. The second-order valence-corrected chi connectivity index (χ2v) is 5.71. The summed E-state index contributed by atoms with van der Waals surface area (Å²) in [4.78, 5) is 30.3. The molecule has 0 spiro atoms. The molecule has 0 radical (unpaired) electrons. The number of nitrogens with zero attached hydrogens (tertiary/aromatic N) is 2. The molecular formula is C18H19N3O3. The zero-order valence-electron chi connectivity index (χ0n) is 13.4. The van der Waals surface area contributed by atoms with Gasteiger partial charge in [0.25, 0.3) is 5.91 Å². The normalized spacial score (nSPS) is 15.5. The van der Waals surface area contributed by atoms with Crippen molar-refractivity contribution in [2.24, 2.45) is 0 Å². The van der Waals surface area contributed by atoms with Crippen molar-refractivity contribution in [2.45, 2.75) is 19.4 Å². The fourth-order valence-electron chi connectivity index (χ4n) is 2.69. The molecule has 6 heteroatoms. The number of rotatable bonds is 4. The van der Waals surface area contributed by atoms with Gasteiger partial charge in [0.2, 0.25) is 5.91 Å². The highest BCUT2D eigenvalue weighted by Gasteiger charge is 2.24. The van der Waals surface area contributed by atoms with Crippen LogP contribution in [-0.4, -0.2) is 40.8 Å². The molecule has 3 rings (SSSR count). The van der Waals surface area contributed by atoms with Crippen LogP contribution < -0.4 is 5.32 Å². The lowest BCUT2D eigenvalue weighted by atomic mass is 10.0. The first kappa shape index (κ1) is 16.0. The third-order valence-corrected chi connectivity index (χ3v) is 4.05. The number of amides is 2. The Morgan fingerprint density at radius 2 is 2.25 bits per heavy atom. The zero-order valence-corrected chi connectivity index (χ0v) is 13.4. The van der Waals surface area contributed by atoms with E-state index >= 15 is 0 Å². The van der Waals surface area contributed by atoms with Crippen LogP contribution in [0.3, 0.4) is 0 Å². The van der Waals surface area contributed by atoms with E-state index in [1.807, 2.05) is 24.4 Å². The summed E-state index contributed by atoms with van der Waals surface area (Å²) in [7, 11) is 0. The Hall–Kier alpha value is -2.89. The molecule has 1 aliphatic rings. The Balaban J connectivity index is 1.58. The molecule has 1 aliphatic heterocycles. The fourth-order valence-corrected chi connectivity index (χ4v) is 2.69. The van der Waals surface area contributed by atoms with Crippen LogP contribution in [0.25, 0.3) is 5.57 Å². The topological polar surface area (TPSA) is 75.4 Å². The fraction of sp³-hybridized carbons (Fsp3) is 0.278. The molecular weight excluding hydrogens is 306 g/mol. The van der Waals surface area contributed by atoms with Crippen molar-refractivity contribution in [3.05, 3.63) is 60.3 Å². The first-order valence-corrected chi connectivity index (χ1v) is 7.86. The number of carbonyl (C=O) groups excluding carboxylic acids is 2. The predicted octanol–water partition coefficient (Wildman–Crippen LogP) is 2.11. The van der Waals surface area contributed by atoms with E-state index in [-0.39, 0.29) is 11.8 Å². The smallest absolute Gasteiger partial charge is 0.255 e. The highest BCUT2D eigenvalue weighted by Crippen LogP contribution is 2.21. The highest BCUT2D eigenvalue weighted by atomic mass is 16.3. The largest absolute Gasteiger partial charge is 0.472 e. The molecule has 6 nitrogen and oxygen atoms in total. The quantitative estimate of drug-likeness (QED) is 0.934. The third kappa shape index (κ3) is 3.53. The second-order valence-electron chi connectivity index (χ2n) is 5.71. The lowest BCUT2D eigenvalue weighted by Gasteiger charge is -2.29. The van der Waals surface area contributed by atoms with E-state index in [0.717, 1.165) is 12.0 Å². The molecule has 2 aromatic heterocycles. The van der Waals surface area contributed by atoms with Crippen molar-refractivity contribution in [3.8, 4) is 0 Å². The van der Waals surface area contributed by atoms with Crippen LogP contribution in [0.1, 0.15) is 29.3 Å². The number of hydrogen-bond acceptors (Lipinski definition) is 4. The standard InChI is InChI=1S/C18H19N3O3/c1-13(20-17(22)16-6-10-24-12-16)18(23)21-8-4-14(5-9-21)15-3-2-7-19-11-15/h2-4,6-7,10-13H,5,8-9H2,1H3,(H,20,22). The molecule has 2 amide bonds. The van der Waals surface area contributed by atoms with Gasteiger partial charge in [0.1, 0.15) is 12.3 Å². The number of hydrogen-bond donors (Lipinski definition) is 1. The number of pyridine rings is 1. The number of furan rings is 1. The van der Waals surface area contributed by atoms with Crippen LogP contribution in [0.2, 0.25) is 0 Å². The van der Waals surface area contributed by atoms with E-state index in [1.54, 1.807) is 24.1 Å². The van der Waals surface area contributed by atoms with Gasteiger partial charge in [0, 0.05) is 25.5 Å². The predicted molar refractivity (Wildman–Crippen MR) is 89.0 cm³/mol. The summed E-state index contributed by atoms with van der Waals surface area (Å²) in [6, 6.07) is 4.91. The Morgan fingerprint density at radius 1 is 1.38 bits per heavy atom. The summed E-state index contributed by atoms with van der Waals surface area (Å²) in [6.07, 6.45) is 9.18. The van der Waals surface area contributed by atoms with Gasteiger partial charge in [-0.1, -0.05) is 12.1 Å². The summed E-state index contributed by atoms with van der Waals surface area (Å²) >= 11 is 0. The molecule has 1 N–H and O–H groups in total. The molecule has 24 heavy (non-hydrogen) atoms. The van der Waals surface area contributed by atoms with E-state index in [2.05, 4.69) is 10.3 Å². The molecule has 2 aromatic rings. The summed E-state index contributed by atoms with van der Waals surface area (Å²) in [5.74, 6) is -0.401. The van der Waals surface area contributed by atoms with E-state index in [0.29, 0.717) is 18.7 Å². The van der Waals surface area contributed by atoms with Crippen LogP contribution in [-0.2, 0) is 4.79 Å². The number of nitrogens with one attached hydrogen (secondary N) is 1. The average Bonchev–Trinajstić information content (AvgIpc) is 3.17. The minimum absolute atomic E-state index is 0.0895. The molecule has 0 saturated heterocycles. The van der Waals surface area contributed by atoms with Gasteiger partial charge in [-0.3, -0.25) is 14.6 Å². The summed E-state index contributed by atoms with van der Waals surface area (Å²) in [6.45, 7) is 2.86. The molecule has 3 heterocycles. The number of carbonyl (C=O) groups is 2. The van der Waals surface area contributed by atoms with Crippen LogP contribution in [0.4, 0.5) is 0 Å². The Bertz CT molecular complexity index is 738. The van der Waals surface area contributed by atoms with E-state index in [1.165, 1.54) is 18.1 Å². The van der Waals surface area contributed by atoms with E-state index in [4.69, 9.17) is 4.42 Å². The van der Waals surface area contributed by atoms with Gasteiger partial charge < -0.3 is 14.6 Å². The Morgan fingerprint density at radius 3 is 2.88 bits per heavy atom. The molecule has 0 aliphatic carbocycles. The maximum absolute atomic E-state index is 12.5. The maximum atomic E-state index is 12.5. The highest BCUT2D eigenvalue weighted by molar-refractivity contribution is 5.97. The molecule has 0 saturated carbocycles. The van der Waals surface area contributed by atoms with Crippen molar-refractivity contribution in [1.29, 1.82) is 0 Å². The molecule has 0 bridgehead atoms. The second kappa shape index (κ2) is 7.12. The lowest BCUT2D eigenvalue weighted by molar-refractivity contribution is -0.132. The minimum Gasteiger partial charge on any atom is -0.472 e. The number of aromatic nitrogens is 1. The van der Waals surface area contributed by atoms with Crippen LogP contribution in [0, 0.1) is 0 Å². The van der Waals surface area contributed by atoms with Gasteiger partial charge in [0.05, 0.1) is 11.8 Å². The Kier molecular flexibility index (Phi) is 4.74. The summed E-state index contributed by atoms with van der Waals surface area (Å²) in [5, 5.41) is 2.70. The summed E-state index contributed by atoms with van der Waals surface area (Å²) < 4.78 is 4.88. The van der Waals surface area contributed by atoms with Crippen LogP contribution in [0.15, 0.2) is 53.6 Å². The van der Waals surface area contributed by atoms with Gasteiger partial charge in [-0.2, -0.15) is 0 Å². The maximum Gasteiger partial charge on any atom is 0.255 e. The lowest BCUT2D eigenvalue weighted by Crippen LogP contribution is -2.48. The van der Waals surface area contributed by atoms with Crippen molar-refractivity contribution in [2.75, 3.05) is 13.1 Å². The third-order valence-electron chi connectivity index (χ3n) is 4.05. The van der Waals surface area contributed by atoms with Gasteiger partial charge in [-0.15, -0.1) is 0 Å². The van der Waals surface area contributed by atoms with Crippen molar-refractivity contribution in [1.82, 2.24) is 15.2 Å². The molecule has 124 valence electrons.